The maximum absolute atomic E-state index is 12.4. The Balaban J connectivity index is 1.74. The summed E-state index contributed by atoms with van der Waals surface area (Å²) in [6.45, 7) is 3.16. The molecule has 5 N–H and O–H groups in total. The second kappa shape index (κ2) is 9.75. The Kier molecular flexibility index (Phi) is 7.05. The molecular weight excluding hydrogens is 460 g/mol. The minimum Gasteiger partial charge on any atom is -0.462 e. The van der Waals surface area contributed by atoms with Crippen molar-refractivity contribution in [3.05, 3.63) is 46.2 Å². The highest BCUT2D eigenvalue weighted by molar-refractivity contribution is 7.99. The Labute approximate surface area is 191 Å². The van der Waals surface area contributed by atoms with Crippen LogP contribution in [0.1, 0.15) is 33.4 Å². The van der Waals surface area contributed by atoms with Crippen LogP contribution in [0.15, 0.2) is 33.8 Å². The number of amides is 2. The average molecular weight is 479 g/mol. The van der Waals surface area contributed by atoms with E-state index >= 15 is 0 Å². The Morgan fingerprint density at radius 2 is 1.97 bits per heavy atom. The summed E-state index contributed by atoms with van der Waals surface area (Å²) in [4.78, 5) is 36.5. The van der Waals surface area contributed by atoms with E-state index in [0.29, 0.717) is 16.4 Å². The first-order chi connectivity index (χ1) is 15.2. The van der Waals surface area contributed by atoms with E-state index in [1.807, 2.05) is 0 Å². The normalized spacial score (nSPS) is 10.7. The van der Waals surface area contributed by atoms with E-state index in [-0.39, 0.29) is 40.3 Å². The molecule has 0 saturated carbocycles. The minimum absolute atomic E-state index is 0.0892. The molecule has 2 aromatic heterocycles. The monoisotopic (exact) mass is 478 g/mol. The van der Waals surface area contributed by atoms with Crippen molar-refractivity contribution in [1.29, 1.82) is 0 Å². The summed E-state index contributed by atoms with van der Waals surface area (Å²) < 4.78 is 11.5. The van der Waals surface area contributed by atoms with Crippen LogP contribution in [0.4, 0.5) is 5.88 Å². The van der Waals surface area contributed by atoms with Gasteiger partial charge in [0.2, 0.25) is 16.9 Å². The molecule has 0 aliphatic carbocycles. The van der Waals surface area contributed by atoms with Gasteiger partial charge in [0.15, 0.2) is 5.82 Å². The number of nitrogen functional groups attached to an aromatic ring is 1. The number of hydrogen-bond donors (Lipinski definition) is 3. The lowest BCUT2D eigenvalue weighted by atomic mass is 10.1. The molecule has 32 heavy (non-hydrogen) atoms. The largest absolute Gasteiger partial charge is 0.462 e. The Morgan fingerprint density at radius 3 is 2.62 bits per heavy atom. The number of anilines is 1. The van der Waals surface area contributed by atoms with Crippen LogP contribution in [0.25, 0.3) is 11.4 Å². The summed E-state index contributed by atoms with van der Waals surface area (Å²) >= 11 is 7.16. The lowest BCUT2D eigenvalue weighted by Gasteiger charge is -2.06. The zero-order valence-corrected chi connectivity index (χ0v) is 18.6. The number of nitrogens with two attached hydrogens (primary N) is 2. The molecule has 0 atom stereocenters. The molecule has 2 heterocycles. The number of hydrogen-bond acceptors (Lipinski definition) is 9. The van der Waals surface area contributed by atoms with E-state index in [2.05, 4.69) is 15.5 Å². The number of benzene rings is 1. The first-order valence-corrected chi connectivity index (χ1v) is 10.6. The van der Waals surface area contributed by atoms with E-state index in [1.165, 1.54) is 11.6 Å². The van der Waals surface area contributed by atoms with Crippen molar-refractivity contribution in [2.75, 3.05) is 23.5 Å². The predicted octanol–water partition coefficient (Wildman–Crippen LogP) is 2.22. The first kappa shape index (κ1) is 23.2. The summed E-state index contributed by atoms with van der Waals surface area (Å²) in [6, 6.07) is 6.98. The molecule has 3 aromatic rings. The van der Waals surface area contributed by atoms with Gasteiger partial charge in [-0.2, -0.15) is 0 Å². The minimum atomic E-state index is -0.945. The SMILES string of the molecule is CCOC(=O)c1c(C)oc(NC(=O)CSc2nnc(-c3ccccc3Cl)n2N)c1C(N)=O. The topological polar surface area (TPSA) is 168 Å². The lowest BCUT2D eigenvalue weighted by molar-refractivity contribution is -0.113. The van der Waals surface area contributed by atoms with Gasteiger partial charge in [0.1, 0.15) is 16.9 Å². The van der Waals surface area contributed by atoms with Crippen molar-refractivity contribution in [2.45, 2.75) is 19.0 Å². The number of carbonyl (C=O) groups is 3. The lowest BCUT2D eigenvalue weighted by Crippen LogP contribution is -2.21. The van der Waals surface area contributed by atoms with Gasteiger partial charge >= 0.3 is 5.97 Å². The fourth-order valence-corrected chi connectivity index (χ4v) is 3.69. The van der Waals surface area contributed by atoms with Crippen LogP contribution in [0.3, 0.4) is 0 Å². The van der Waals surface area contributed by atoms with E-state index in [4.69, 9.17) is 32.3 Å². The number of halogens is 1. The maximum Gasteiger partial charge on any atom is 0.342 e. The highest BCUT2D eigenvalue weighted by Crippen LogP contribution is 2.29. The van der Waals surface area contributed by atoms with Crippen LogP contribution >= 0.6 is 23.4 Å². The molecule has 0 fully saturated rings. The molecule has 0 aliphatic rings. The number of ether oxygens (including phenoxy) is 1. The quantitative estimate of drug-likeness (QED) is 0.249. The number of carbonyl (C=O) groups excluding carboxylic acids is 3. The number of furan rings is 1. The number of primary amides is 1. The van der Waals surface area contributed by atoms with Gasteiger partial charge in [0.25, 0.3) is 5.91 Å². The fraction of sp³-hybridized carbons (Fsp3) is 0.211. The number of aromatic nitrogens is 3. The number of thioether (sulfide) groups is 1. The molecule has 0 saturated heterocycles. The van der Waals surface area contributed by atoms with Crippen LogP contribution in [0.2, 0.25) is 5.02 Å². The number of esters is 1. The summed E-state index contributed by atoms with van der Waals surface area (Å²) in [6.07, 6.45) is 0. The number of nitrogens with zero attached hydrogens (tertiary/aromatic N) is 3. The maximum atomic E-state index is 12.4. The highest BCUT2D eigenvalue weighted by Gasteiger charge is 2.29. The third-order valence-electron chi connectivity index (χ3n) is 4.17. The van der Waals surface area contributed by atoms with Crippen molar-refractivity contribution >= 4 is 47.0 Å². The van der Waals surface area contributed by atoms with Crippen LogP contribution in [0, 0.1) is 6.92 Å². The molecular formula is C19H19ClN6O5S. The van der Waals surface area contributed by atoms with Crippen molar-refractivity contribution in [3.8, 4) is 11.4 Å². The Bertz CT molecular complexity index is 1190. The highest BCUT2D eigenvalue weighted by atomic mass is 35.5. The summed E-state index contributed by atoms with van der Waals surface area (Å²) in [7, 11) is 0. The Hall–Kier alpha value is -3.51. The smallest absolute Gasteiger partial charge is 0.342 e. The predicted molar refractivity (Wildman–Crippen MR) is 118 cm³/mol. The van der Waals surface area contributed by atoms with Crippen molar-refractivity contribution in [1.82, 2.24) is 14.9 Å². The number of nitrogens with one attached hydrogen (secondary N) is 1. The molecule has 168 valence electrons. The zero-order chi connectivity index (χ0) is 23.4. The van der Waals surface area contributed by atoms with Crippen LogP contribution in [0.5, 0.6) is 0 Å². The molecule has 0 bridgehead atoms. The first-order valence-electron chi connectivity index (χ1n) is 9.22. The standard InChI is InChI=1S/C19H19ClN6O5S/c1-3-30-18(29)13-9(2)31-17(14(13)15(21)28)23-12(27)8-32-19-25-24-16(26(19)22)10-6-4-5-7-11(10)20/h4-7H,3,8,22H2,1-2H3,(H2,21,28)(H,23,27). The van der Waals surface area contributed by atoms with Gasteiger partial charge in [-0.15, -0.1) is 10.2 Å². The van der Waals surface area contributed by atoms with Gasteiger partial charge in [-0.3, -0.25) is 14.9 Å². The van der Waals surface area contributed by atoms with Crippen molar-refractivity contribution in [3.63, 3.8) is 0 Å². The van der Waals surface area contributed by atoms with E-state index in [0.717, 1.165) is 11.8 Å². The summed E-state index contributed by atoms with van der Waals surface area (Å²) in [5, 5.41) is 11.1. The third kappa shape index (κ3) is 4.70. The van der Waals surface area contributed by atoms with Crippen molar-refractivity contribution in [2.24, 2.45) is 5.73 Å². The zero-order valence-electron chi connectivity index (χ0n) is 17.0. The molecule has 1 aromatic carbocycles. The van der Waals surface area contributed by atoms with E-state index in [1.54, 1.807) is 31.2 Å². The number of aryl methyl sites for hydroxylation is 1. The van der Waals surface area contributed by atoms with E-state index < -0.39 is 17.8 Å². The average Bonchev–Trinajstić information content (AvgIpc) is 3.26. The van der Waals surface area contributed by atoms with Gasteiger partial charge in [-0.1, -0.05) is 35.5 Å². The molecule has 0 aliphatic heterocycles. The van der Waals surface area contributed by atoms with Gasteiger partial charge in [0.05, 0.1) is 17.4 Å². The molecule has 2 amide bonds. The molecule has 0 unspecified atom stereocenters. The van der Waals surface area contributed by atoms with Crippen LogP contribution in [-0.4, -0.2) is 45.0 Å². The second-order valence-corrected chi connectivity index (χ2v) is 7.66. The van der Waals surface area contributed by atoms with Gasteiger partial charge in [-0.05, 0) is 26.0 Å². The number of rotatable bonds is 8. The van der Waals surface area contributed by atoms with Crippen LogP contribution in [-0.2, 0) is 9.53 Å². The molecule has 11 nitrogen and oxygen atoms in total. The third-order valence-corrected chi connectivity index (χ3v) is 5.45. The molecule has 0 radical (unpaired) electrons. The van der Waals surface area contributed by atoms with Crippen LogP contribution < -0.4 is 16.9 Å². The van der Waals surface area contributed by atoms with Gasteiger partial charge < -0.3 is 20.7 Å². The molecule has 0 spiro atoms. The molecule has 3 rings (SSSR count). The van der Waals surface area contributed by atoms with Crippen molar-refractivity contribution < 1.29 is 23.5 Å². The fourth-order valence-electron chi connectivity index (χ4n) is 2.81. The van der Waals surface area contributed by atoms with Gasteiger partial charge in [-0.25, -0.2) is 9.47 Å². The van der Waals surface area contributed by atoms with E-state index in [9.17, 15) is 14.4 Å². The van der Waals surface area contributed by atoms with Gasteiger partial charge in [0, 0.05) is 5.56 Å². The summed E-state index contributed by atoms with van der Waals surface area (Å²) in [5.74, 6) is 3.80. The Morgan fingerprint density at radius 1 is 1.25 bits per heavy atom. The molecule has 13 heteroatoms. The second-order valence-electron chi connectivity index (χ2n) is 6.31. The summed E-state index contributed by atoms with van der Waals surface area (Å²) in [5.41, 5.74) is 5.58.